The van der Waals surface area contributed by atoms with E-state index in [1.165, 1.54) is 25.7 Å². The smallest absolute Gasteiger partial charge is 0.0140 e. The molecule has 0 aromatic heterocycles. The Bertz CT molecular complexity index is 60.4. The SMILES string of the molecule is CC1CCCC1.CN(C)C. The van der Waals surface area contributed by atoms with Gasteiger partial charge in [-0.15, -0.1) is 0 Å². The van der Waals surface area contributed by atoms with E-state index in [1.54, 1.807) is 0 Å². The molecule has 0 bridgehead atoms. The molecule has 1 aliphatic carbocycles. The average Bonchev–Trinajstić information content (AvgIpc) is 2.15. The van der Waals surface area contributed by atoms with Crippen LogP contribution >= 0.6 is 0 Å². The summed E-state index contributed by atoms with van der Waals surface area (Å²) >= 11 is 0. The molecule has 0 heterocycles. The summed E-state index contributed by atoms with van der Waals surface area (Å²) in [4.78, 5) is 2.00. The highest BCUT2D eigenvalue weighted by molar-refractivity contribution is 4.60. The maximum Gasteiger partial charge on any atom is -0.0140 e. The Labute approximate surface area is 65.4 Å². The summed E-state index contributed by atoms with van der Waals surface area (Å²) in [5.74, 6) is 1.05. The fourth-order valence-electron chi connectivity index (χ4n) is 1.13. The van der Waals surface area contributed by atoms with E-state index >= 15 is 0 Å². The maximum absolute atomic E-state index is 2.34. The molecule has 0 amide bonds. The number of rotatable bonds is 0. The molecule has 0 aromatic carbocycles. The van der Waals surface area contributed by atoms with Gasteiger partial charge < -0.3 is 4.90 Å². The molecular weight excluding hydrogens is 122 g/mol. The fourth-order valence-corrected chi connectivity index (χ4v) is 1.13. The first kappa shape index (κ1) is 9.96. The van der Waals surface area contributed by atoms with Crippen LogP contribution in [0.25, 0.3) is 0 Å². The predicted octanol–water partition coefficient (Wildman–Crippen LogP) is 2.37. The lowest BCUT2D eigenvalue weighted by Crippen LogP contribution is -1.99. The molecule has 0 aromatic rings. The first-order chi connectivity index (χ1) is 4.63. The second kappa shape index (κ2) is 5.72. The maximum atomic E-state index is 2.34. The first-order valence-electron chi connectivity index (χ1n) is 4.24. The van der Waals surface area contributed by atoms with Gasteiger partial charge in [0.2, 0.25) is 0 Å². The summed E-state index contributed by atoms with van der Waals surface area (Å²) in [7, 11) is 6.00. The van der Waals surface area contributed by atoms with E-state index in [0.29, 0.717) is 0 Å². The topological polar surface area (TPSA) is 3.24 Å². The Balaban J connectivity index is 0.000000180. The van der Waals surface area contributed by atoms with E-state index in [2.05, 4.69) is 6.92 Å². The van der Waals surface area contributed by atoms with Crippen molar-refractivity contribution in [3.05, 3.63) is 0 Å². The van der Waals surface area contributed by atoms with Crippen LogP contribution < -0.4 is 0 Å². The molecule has 1 fully saturated rings. The minimum absolute atomic E-state index is 1.05. The number of hydrogen-bond donors (Lipinski definition) is 0. The molecule has 0 aliphatic heterocycles. The Morgan fingerprint density at radius 2 is 1.30 bits per heavy atom. The van der Waals surface area contributed by atoms with Crippen LogP contribution in [-0.2, 0) is 0 Å². The van der Waals surface area contributed by atoms with Crippen molar-refractivity contribution in [2.24, 2.45) is 5.92 Å². The summed E-state index contributed by atoms with van der Waals surface area (Å²) in [6, 6.07) is 0. The van der Waals surface area contributed by atoms with Crippen molar-refractivity contribution in [1.82, 2.24) is 4.90 Å². The predicted molar refractivity (Wildman–Crippen MR) is 47.2 cm³/mol. The highest BCUT2D eigenvalue weighted by Gasteiger charge is 2.07. The normalized spacial score (nSPS) is 18.9. The van der Waals surface area contributed by atoms with Crippen LogP contribution in [0.15, 0.2) is 0 Å². The molecule has 1 nitrogen and oxygen atoms in total. The standard InChI is InChI=1S/C6H12.C3H9N/c1-6-4-2-3-5-6;1-4(2)3/h6H,2-5H2,1H3;1-3H3. The van der Waals surface area contributed by atoms with Crippen molar-refractivity contribution in [2.75, 3.05) is 21.1 Å². The second-order valence-corrected chi connectivity index (χ2v) is 3.73. The van der Waals surface area contributed by atoms with Crippen LogP contribution in [0.4, 0.5) is 0 Å². The largest absolute Gasteiger partial charge is 0.312 e. The van der Waals surface area contributed by atoms with Gasteiger partial charge in [0.1, 0.15) is 0 Å². The summed E-state index contributed by atoms with van der Waals surface area (Å²) in [6.45, 7) is 2.34. The minimum Gasteiger partial charge on any atom is -0.312 e. The van der Waals surface area contributed by atoms with Crippen LogP contribution in [0.1, 0.15) is 32.6 Å². The lowest BCUT2D eigenvalue weighted by molar-refractivity contribution is 0.505. The first-order valence-corrected chi connectivity index (χ1v) is 4.24. The highest BCUT2D eigenvalue weighted by Crippen LogP contribution is 2.22. The molecule has 0 unspecified atom stereocenters. The van der Waals surface area contributed by atoms with Crippen LogP contribution in [0.3, 0.4) is 0 Å². The van der Waals surface area contributed by atoms with Gasteiger partial charge in [-0.05, 0) is 27.1 Å². The van der Waals surface area contributed by atoms with Gasteiger partial charge in [-0.3, -0.25) is 0 Å². The molecular formula is C9H21N. The monoisotopic (exact) mass is 143 g/mol. The van der Waals surface area contributed by atoms with Crippen LogP contribution in [0.5, 0.6) is 0 Å². The molecule has 10 heavy (non-hydrogen) atoms. The Morgan fingerprint density at radius 1 is 1.00 bits per heavy atom. The van der Waals surface area contributed by atoms with E-state index in [1.807, 2.05) is 26.0 Å². The second-order valence-electron chi connectivity index (χ2n) is 3.73. The average molecular weight is 143 g/mol. The van der Waals surface area contributed by atoms with Crippen molar-refractivity contribution >= 4 is 0 Å². The number of hydrogen-bond acceptors (Lipinski definition) is 1. The van der Waals surface area contributed by atoms with Crippen LogP contribution in [0, 0.1) is 5.92 Å². The van der Waals surface area contributed by atoms with Crippen LogP contribution in [0.2, 0.25) is 0 Å². The Hall–Kier alpha value is -0.0400. The zero-order chi connectivity index (χ0) is 7.98. The third-order valence-electron chi connectivity index (χ3n) is 1.64. The third kappa shape index (κ3) is 7.96. The van der Waals surface area contributed by atoms with Gasteiger partial charge in [0, 0.05) is 0 Å². The number of nitrogens with zero attached hydrogens (tertiary/aromatic N) is 1. The zero-order valence-electron chi connectivity index (χ0n) is 7.85. The summed E-state index contributed by atoms with van der Waals surface area (Å²) in [5.41, 5.74) is 0. The molecule has 0 radical (unpaired) electrons. The van der Waals surface area contributed by atoms with Gasteiger partial charge in [0.05, 0.1) is 0 Å². The Morgan fingerprint density at radius 3 is 1.40 bits per heavy atom. The van der Waals surface area contributed by atoms with Crippen molar-refractivity contribution in [2.45, 2.75) is 32.6 Å². The van der Waals surface area contributed by atoms with Gasteiger partial charge in [-0.2, -0.15) is 0 Å². The van der Waals surface area contributed by atoms with Crippen molar-refractivity contribution in [1.29, 1.82) is 0 Å². The highest BCUT2D eigenvalue weighted by atomic mass is 15.0. The van der Waals surface area contributed by atoms with E-state index in [-0.39, 0.29) is 0 Å². The fraction of sp³-hybridized carbons (Fsp3) is 1.00. The van der Waals surface area contributed by atoms with Crippen molar-refractivity contribution < 1.29 is 0 Å². The van der Waals surface area contributed by atoms with Gasteiger partial charge in [-0.25, -0.2) is 0 Å². The quantitative estimate of drug-likeness (QED) is 0.503. The van der Waals surface area contributed by atoms with Gasteiger partial charge in [-0.1, -0.05) is 32.6 Å². The molecule has 1 heteroatoms. The van der Waals surface area contributed by atoms with Crippen molar-refractivity contribution in [3.63, 3.8) is 0 Å². The minimum atomic E-state index is 1.05. The zero-order valence-corrected chi connectivity index (χ0v) is 7.85. The molecule has 1 saturated carbocycles. The third-order valence-corrected chi connectivity index (χ3v) is 1.64. The van der Waals surface area contributed by atoms with Gasteiger partial charge >= 0.3 is 0 Å². The molecule has 0 saturated heterocycles. The molecule has 1 rings (SSSR count). The van der Waals surface area contributed by atoms with E-state index in [0.717, 1.165) is 5.92 Å². The van der Waals surface area contributed by atoms with E-state index < -0.39 is 0 Å². The molecule has 0 spiro atoms. The lowest BCUT2D eigenvalue weighted by Gasteiger charge is -1.91. The Kier molecular flexibility index (Phi) is 5.70. The summed E-state index contributed by atoms with van der Waals surface area (Å²) in [6.07, 6.45) is 5.95. The lowest BCUT2D eigenvalue weighted by atomic mass is 10.2. The van der Waals surface area contributed by atoms with Gasteiger partial charge in [0.15, 0.2) is 0 Å². The summed E-state index contributed by atoms with van der Waals surface area (Å²) < 4.78 is 0. The van der Waals surface area contributed by atoms with E-state index in [9.17, 15) is 0 Å². The van der Waals surface area contributed by atoms with E-state index in [4.69, 9.17) is 0 Å². The molecule has 0 N–H and O–H groups in total. The van der Waals surface area contributed by atoms with Crippen molar-refractivity contribution in [3.8, 4) is 0 Å². The van der Waals surface area contributed by atoms with Crippen LogP contribution in [-0.4, -0.2) is 26.0 Å². The molecule has 1 aliphatic rings. The van der Waals surface area contributed by atoms with Gasteiger partial charge in [0.25, 0.3) is 0 Å². The summed E-state index contributed by atoms with van der Waals surface area (Å²) in [5, 5.41) is 0. The molecule has 0 atom stereocenters. The molecule has 62 valence electrons.